The Labute approximate surface area is 211 Å². The van der Waals surface area contributed by atoms with Gasteiger partial charge in [0.1, 0.15) is 19.0 Å². The van der Waals surface area contributed by atoms with Gasteiger partial charge < -0.3 is 14.2 Å². The summed E-state index contributed by atoms with van der Waals surface area (Å²) in [6, 6.07) is 0. The minimum absolute atomic E-state index is 0.0336. The molecule has 35 heavy (non-hydrogen) atoms. The highest BCUT2D eigenvalue weighted by Crippen LogP contribution is 2.09. The van der Waals surface area contributed by atoms with Crippen LogP contribution in [0.25, 0.3) is 0 Å². The van der Waals surface area contributed by atoms with Crippen LogP contribution in [0.3, 0.4) is 0 Å². The van der Waals surface area contributed by atoms with Crippen LogP contribution >= 0.6 is 0 Å². The van der Waals surface area contributed by atoms with Gasteiger partial charge >= 0.3 is 17.9 Å². The normalized spacial score (nSPS) is 11.1. The molecule has 0 bridgehead atoms. The van der Waals surface area contributed by atoms with Gasteiger partial charge in [-0.15, -0.1) is 0 Å². The van der Waals surface area contributed by atoms with Crippen molar-refractivity contribution in [3.63, 3.8) is 0 Å². The van der Waals surface area contributed by atoms with Crippen LogP contribution < -0.4 is 0 Å². The molecular weight excluding hydrogens is 448 g/mol. The average Bonchev–Trinajstić information content (AvgIpc) is 2.86. The maximum absolute atomic E-state index is 11.6. The Morgan fingerprint density at radius 3 is 1.54 bits per heavy atom. The standard InChI is InChI=1S/C28H46O7/c1-3-25(29)19-15-11-7-5-8-12-16-20-27(31)34-23-24-35-28(32)21-17-13-9-6-10-14-18-22-33-26(30)4-2/h16-17,20-21H,3-15,18-19,22-24H2,1-2H3/b20-16+,21-17+. The lowest BCUT2D eigenvalue weighted by molar-refractivity contribution is -0.146. The summed E-state index contributed by atoms with van der Waals surface area (Å²) in [6.45, 7) is 4.25. The van der Waals surface area contributed by atoms with Crippen LogP contribution in [0.4, 0.5) is 0 Å². The van der Waals surface area contributed by atoms with Crippen LogP contribution in [-0.2, 0) is 33.4 Å². The molecular formula is C28H46O7. The van der Waals surface area contributed by atoms with Crippen molar-refractivity contribution >= 4 is 23.7 Å². The third-order valence-electron chi connectivity index (χ3n) is 5.37. The number of rotatable bonds is 23. The zero-order valence-corrected chi connectivity index (χ0v) is 21.9. The Balaban J connectivity index is 3.50. The SMILES string of the molecule is CCC(=O)CCCCCCC/C=C/C(=O)OCCOC(=O)/C=C/CCCCCCCOC(=O)CC. The molecule has 7 nitrogen and oxygen atoms in total. The Morgan fingerprint density at radius 2 is 1.03 bits per heavy atom. The fourth-order valence-corrected chi connectivity index (χ4v) is 3.21. The monoisotopic (exact) mass is 494 g/mol. The van der Waals surface area contributed by atoms with Crippen molar-refractivity contribution in [2.75, 3.05) is 19.8 Å². The molecule has 0 amide bonds. The van der Waals surface area contributed by atoms with Crippen LogP contribution in [0.1, 0.15) is 110 Å². The quantitative estimate of drug-likeness (QED) is 0.0723. The van der Waals surface area contributed by atoms with E-state index in [1.54, 1.807) is 19.1 Å². The van der Waals surface area contributed by atoms with Crippen molar-refractivity contribution < 1.29 is 33.4 Å². The first-order chi connectivity index (χ1) is 17.0. The molecule has 0 saturated carbocycles. The first-order valence-corrected chi connectivity index (χ1v) is 13.3. The molecule has 7 heteroatoms. The largest absolute Gasteiger partial charge is 0.466 e. The smallest absolute Gasteiger partial charge is 0.330 e. The minimum Gasteiger partial charge on any atom is -0.466 e. The van der Waals surface area contributed by atoms with Crippen molar-refractivity contribution in [3.8, 4) is 0 Å². The molecule has 0 fully saturated rings. The third-order valence-corrected chi connectivity index (χ3v) is 5.37. The van der Waals surface area contributed by atoms with Gasteiger partial charge in [-0.25, -0.2) is 9.59 Å². The van der Waals surface area contributed by atoms with Gasteiger partial charge in [0.15, 0.2) is 0 Å². The molecule has 0 aliphatic carbocycles. The highest BCUT2D eigenvalue weighted by Gasteiger charge is 2.01. The van der Waals surface area contributed by atoms with Crippen molar-refractivity contribution in [1.82, 2.24) is 0 Å². The summed E-state index contributed by atoms with van der Waals surface area (Å²) in [4.78, 5) is 45.5. The molecule has 0 N–H and O–H groups in total. The zero-order chi connectivity index (χ0) is 26.0. The van der Waals surface area contributed by atoms with E-state index in [0.717, 1.165) is 77.0 Å². The van der Waals surface area contributed by atoms with Crippen LogP contribution in [0, 0.1) is 0 Å². The van der Waals surface area contributed by atoms with Crippen LogP contribution in [0.5, 0.6) is 0 Å². The van der Waals surface area contributed by atoms with E-state index in [0.29, 0.717) is 31.7 Å². The number of hydrogen-bond donors (Lipinski definition) is 0. The van der Waals surface area contributed by atoms with E-state index in [1.807, 2.05) is 6.92 Å². The number of carbonyl (C=O) groups excluding carboxylic acids is 4. The van der Waals surface area contributed by atoms with Crippen molar-refractivity contribution in [1.29, 1.82) is 0 Å². The lowest BCUT2D eigenvalue weighted by Crippen LogP contribution is -2.11. The number of unbranched alkanes of at least 4 members (excludes halogenated alkanes) is 10. The van der Waals surface area contributed by atoms with E-state index in [-0.39, 0.29) is 19.2 Å². The van der Waals surface area contributed by atoms with E-state index in [1.165, 1.54) is 12.2 Å². The Kier molecular flexibility index (Phi) is 23.0. The number of hydrogen-bond acceptors (Lipinski definition) is 7. The van der Waals surface area contributed by atoms with Crippen molar-refractivity contribution in [2.45, 2.75) is 110 Å². The second-order valence-electron chi connectivity index (χ2n) is 8.47. The van der Waals surface area contributed by atoms with E-state index in [9.17, 15) is 19.2 Å². The molecule has 0 heterocycles. The first kappa shape index (κ1) is 32.6. The van der Waals surface area contributed by atoms with Crippen molar-refractivity contribution in [3.05, 3.63) is 24.3 Å². The second-order valence-corrected chi connectivity index (χ2v) is 8.47. The number of Topliss-reactive ketones (excluding diaryl/α,β-unsaturated/α-hetero) is 1. The molecule has 0 unspecified atom stereocenters. The molecule has 0 atom stereocenters. The first-order valence-electron chi connectivity index (χ1n) is 13.3. The predicted molar refractivity (Wildman–Crippen MR) is 137 cm³/mol. The van der Waals surface area contributed by atoms with Gasteiger partial charge in [-0.2, -0.15) is 0 Å². The van der Waals surface area contributed by atoms with Gasteiger partial charge in [-0.05, 0) is 38.5 Å². The molecule has 0 saturated heterocycles. The summed E-state index contributed by atoms with van der Waals surface area (Å²) in [7, 11) is 0. The molecule has 0 spiro atoms. The van der Waals surface area contributed by atoms with E-state index < -0.39 is 11.9 Å². The Morgan fingerprint density at radius 1 is 0.543 bits per heavy atom. The van der Waals surface area contributed by atoms with Gasteiger partial charge in [0.05, 0.1) is 6.61 Å². The maximum Gasteiger partial charge on any atom is 0.330 e. The van der Waals surface area contributed by atoms with Crippen LogP contribution in [0.2, 0.25) is 0 Å². The summed E-state index contributed by atoms with van der Waals surface area (Å²) in [5, 5.41) is 0. The fourth-order valence-electron chi connectivity index (χ4n) is 3.21. The van der Waals surface area contributed by atoms with Gasteiger partial charge in [0, 0.05) is 31.4 Å². The van der Waals surface area contributed by atoms with Gasteiger partial charge in [-0.1, -0.05) is 64.5 Å². The summed E-state index contributed by atoms with van der Waals surface area (Å²) in [5.41, 5.74) is 0. The Hall–Kier alpha value is -2.44. The van der Waals surface area contributed by atoms with Crippen LogP contribution in [0.15, 0.2) is 24.3 Å². The number of ether oxygens (including phenoxy) is 3. The molecule has 0 aliphatic heterocycles. The molecule has 0 rings (SSSR count). The summed E-state index contributed by atoms with van der Waals surface area (Å²) >= 11 is 0. The number of esters is 3. The van der Waals surface area contributed by atoms with E-state index >= 15 is 0 Å². The topological polar surface area (TPSA) is 96.0 Å². The molecule has 0 aromatic carbocycles. The lowest BCUT2D eigenvalue weighted by atomic mass is 10.1. The van der Waals surface area contributed by atoms with Gasteiger partial charge in [0.25, 0.3) is 0 Å². The van der Waals surface area contributed by atoms with Gasteiger partial charge in [-0.3, -0.25) is 9.59 Å². The predicted octanol–water partition coefficient (Wildman–Crippen LogP) is 6.19. The second kappa shape index (κ2) is 24.7. The summed E-state index contributed by atoms with van der Waals surface area (Å²) < 4.78 is 15.1. The molecule has 0 radical (unpaired) electrons. The number of allylic oxidation sites excluding steroid dienone is 2. The third kappa shape index (κ3) is 24.5. The number of carbonyl (C=O) groups is 4. The maximum atomic E-state index is 11.6. The summed E-state index contributed by atoms with van der Waals surface area (Å²) in [5.74, 6) is -0.684. The van der Waals surface area contributed by atoms with Crippen LogP contribution in [-0.4, -0.2) is 43.5 Å². The van der Waals surface area contributed by atoms with Gasteiger partial charge in [0.2, 0.25) is 0 Å². The summed E-state index contributed by atoms with van der Waals surface area (Å²) in [6.07, 6.45) is 20.1. The molecule has 0 aliphatic rings. The van der Waals surface area contributed by atoms with E-state index in [2.05, 4.69) is 0 Å². The zero-order valence-electron chi connectivity index (χ0n) is 21.9. The molecule has 200 valence electrons. The minimum atomic E-state index is -0.437. The Bertz CT molecular complexity index is 637. The van der Waals surface area contributed by atoms with E-state index in [4.69, 9.17) is 14.2 Å². The lowest BCUT2D eigenvalue weighted by Gasteiger charge is -2.03. The van der Waals surface area contributed by atoms with Crippen molar-refractivity contribution in [2.24, 2.45) is 0 Å². The average molecular weight is 495 g/mol. The highest BCUT2D eigenvalue weighted by molar-refractivity contribution is 5.82. The fraction of sp³-hybridized carbons (Fsp3) is 0.714. The number of ketones is 1. The molecule has 0 aromatic heterocycles. The highest BCUT2D eigenvalue weighted by atomic mass is 16.6. The molecule has 0 aromatic rings.